The largest absolute Gasteiger partial charge is 0.382 e. The summed E-state index contributed by atoms with van der Waals surface area (Å²) >= 11 is 0. The van der Waals surface area contributed by atoms with Crippen molar-refractivity contribution in [1.82, 2.24) is 4.90 Å². The van der Waals surface area contributed by atoms with E-state index in [1.165, 1.54) is 0 Å². The molecule has 1 aliphatic rings. The Balaban J connectivity index is 2.01. The van der Waals surface area contributed by atoms with E-state index >= 15 is 0 Å². The van der Waals surface area contributed by atoms with Gasteiger partial charge in [0.25, 0.3) is 5.91 Å². The number of hydrogen-bond acceptors (Lipinski definition) is 4. The van der Waals surface area contributed by atoms with E-state index in [1.54, 1.807) is 18.9 Å². The van der Waals surface area contributed by atoms with Crippen LogP contribution in [0.1, 0.15) is 32.8 Å². The first-order valence-corrected chi connectivity index (χ1v) is 8.46. The van der Waals surface area contributed by atoms with Crippen LogP contribution in [0, 0.1) is 0 Å². The van der Waals surface area contributed by atoms with Gasteiger partial charge in [0.15, 0.2) is 0 Å². The van der Waals surface area contributed by atoms with Crippen LogP contribution in [0.2, 0.25) is 0 Å². The Morgan fingerprint density at radius 1 is 1.42 bits per heavy atom. The van der Waals surface area contributed by atoms with E-state index in [1.807, 2.05) is 44.2 Å². The summed E-state index contributed by atoms with van der Waals surface area (Å²) in [6.45, 7) is 6.85. The topological polar surface area (TPSA) is 59.0 Å². The fraction of sp³-hybridized carbons (Fsp3) is 0.632. The number of carbonyl (C=O) groups excluding carboxylic acids is 1. The molecule has 134 valence electrons. The SMILES string of the molecule is COCC1CN(C(=O)C(C)(O)CCc2ccccc2)CC(C)(C)O1. The summed E-state index contributed by atoms with van der Waals surface area (Å²) in [5.41, 5.74) is -0.724. The summed E-state index contributed by atoms with van der Waals surface area (Å²) in [6.07, 6.45) is 0.879. The van der Waals surface area contributed by atoms with Crippen molar-refractivity contribution in [3.8, 4) is 0 Å². The Labute approximate surface area is 144 Å². The molecule has 1 heterocycles. The highest BCUT2D eigenvalue weighted by molar-refractivity contribution is 5.84. The second kappa shape index (κ2) is 7.64. The number of methoxy groups -OCH3 is 1. The van der Waals surface area contributed by atoms with Crippen molar-refractivity contribution in [3.63, 3.8) is 0 Å². The monoisotopic (exact) mass is 335 g/mol. The van der Waals surface area contributed by atoms with Crippen molar-refractivity contribution in [2.45, 2.75) is 50.9 Å². The van der Waals surface area contributed by atoms with E-state index in [-0.39, 0.29) is 12.0 Å². The number of amides is 1. The van der Waals surface area contributed by atoms with E-state index in [9.17, 15) is 9.90 Å². The van der Waals surface area contributed by atoms with E-state index in [2.05, 4.69) is 0 Å². The first kappa shape index (κ1) is 18.9. The normalized spacial score (nSPS) is 22.9. The Morgan fingerprint density at radius 3 is 2.71 bits per heavy atom. The third-order valence-corrected chi connectivity index (χ3v) is 4.33. The number of ether oxygens (including phenoxy) is 2. The summed E-state index contributed by atoms with van der Waals surface area (Å²) in [6, 6.07) is 9.90. The number of nitrogens with zero attached hydrogens (tertiary/aromatic N) is 1. The molecule has 1 saturated heterocycles. The van der Waals surface area contributed by atoms with E-state index < -0.39 is 11.2 Å². The molecule has 24 heavy (non-hydrogen) atoms. The molecule has 5 heteroatoms. The number of rotatable bonds is 6. The quantitative estimate of drug-likeness (QED) is 0.864. The van der Waals surface area contributed by atoms with Gasteiger partial charge in [-0.2, -0.15) is 0 Å². The molecule has 0 aliphatic carbocycles. The number of benzene rings is 1. The standard InChI is InChI=1S/C19H29NO4/c1-18(2)14-20(12-16(24-18)13-23-4)17(21)19(3,22)11-10-15-8-6-5-7-9-15/h5-9,16,22H,10-14H2,1-4H3. The van der Waals surface area contributed by atoms with Crippen molar-refractivity contribution < 1.29 is 19.4 Å². The van der Waals surface area contributed by atoms with Crippen molar-refractivity contribution in [3.05, 3.63) is 35.9 Å². The molecule has 1 fully saturated rings. The maximum Gasteiger partial charge on any atom is 0.254 e. The minimum absolute atomic E-state index is 0.173. The van der Waals surface area contributed by atoms with Crippen LogP contribution >= 0.6 is 0 Å². The van der Waals surface area contributed by atoms with Crippen LogP contribution in [0.4, 0.5) is 0 Å². The first-order valence-electron chi connectivity index (χ1n) is 8.46. The van der Waals surface area contributed by atoms with Crippen LogP contribution in [-0.2, 0) is 20.7 Å². The highest BCUT2D eigenvalue weighted by atomic mass is 16.5. The van der Waals surface area contributed by atoms with Gasteiger partial charge in [0.1, 0.15) is 5.60 Å². The van der Waals surface area contributed by atoms with Gasteiger partial charge in [0, 0.05) is 20.2 Å². The van der Waals surface area contributed by atoms with E-state index in [4.69, 9.17) is 9.47 Å². The molecule has 1 aromatic carbocycles. The molecule has 2 unspecified atom stereocenters. The van der Waals surface area contributed by atoms with Crippen LogP contribution in [0.25, 0.3) is 0 Å². The van der Waals surface area contributed by atoms with Crippen LogP contribution in [0.15, 0.2) is 30.3 Å². The Bertz CT molecular complexity index is 542. The molecule has 2 rings (SSSR count). The third-order valence-electron chi connectivity index (χ3n) is 4.33. The smallest absolute Gasteiger partial charge is 0.254 e. The van der Waals surface area contributed by atoms with Gasteiger partial charge in [-0.05, 0) is 39.2 Å². The summed E-state index contributed by atoms with van der Waals surface area (Å²) in [5, 5.41) is 10.7. The fourth-order valence-electron chi connectivity index (χ4n) is 3.20. The second-order valence-corrected chi connectivity index (χ2v) is 7.40. The van der Waals surface area contributed by atoms with Gasteiger partial charge in [0.2, 0.25) is 0 Å². The zero-order valence-corrected chi connectivity index (χ0v) is 15.1. The molecule has 0 bridgehead atoms. The molecule has 1 aromatic rings. The van der Waals surface area contributed by atoms with Gasteiger partial charge < -0.3 is 19.5 Å². The maximum absolute atomic E-state index is 12.9. The average Bonchev–Trinajstić information content (AvgIpc) is 2.52. The molecule has 2 atom stereocenters. The second-order valence-electron chi connectivity index (χ2n) is 7.40. The summed E-state index contributed by atoms with van der Waals surface area (Å²) in [4.78, 5) is 14.6. The molecule has 1 N–H and O–H groups in total. The molecular formula is C19H29NO4. The van der Waals surface area contributed by atoms with Crippen LogP contribution in [0.5, 0.6) is 0 Å². The number of aryl methyl sites for hydroxylation is 1. The van der Waals surface area contributed by atoms with Crippen LogP contribution < -0.4 is 0 Å². The zero-order chi connectivity index (χ0) is 17.8. The predicted molar refractivity (Wildman–Crippen MR) is 92.8 cm³/mol. The number of carbonyl (C=O) groups is 1. The molecule has 1 amide bonds. The van der Waals surface area contributed by atoms with Crippen molar-refractivity contribution in [1.29, 1.82) is 0 Å². The average molecular weight is 335 g/mol. The van der Waals surface area contributed by atoms with Crippen molar-refractivity contribution in [2.24, 2.45) is 0 Å². The molecule has 0 saturated carbocycles. The lowest BCUT2D eigenvalue weighted by Crippen LogP contribution is -2.59. The minimum atomic E-state index is -1.39. The molecule has 0 spiro atoms. The van der Waals surface area contributed by atoms with Crippen molar-refractivity contribution in [2.75, 3.05) is 26.8 Å². The third kappa shape index (κ3) is 5.03. The lowest BCUT2D eigenvalue weighted by molar-refractivity contribution is -0.180. The van der Waals surface area contributed by atoms with Gasteiger partial charge in [-0.15, -0.1) is 0 Å². The first-order chi connectivity index (χ1) is 11.2. The van der Waals surface area contributed by atoms with Crippen molar-refractivity contribution >= 4 is 5.91 Å². The maximum atomic E-state index is 12.9. The number of aliphatic hydroxyl groups is 1. The molecule has 1 aliphatic heterocycles. The van der Waals surface area contributed by atoms with Gasteiger partial charge in [-0.3, -0.25) is 4.79 Å². The molecule has 0 aromatic heterocycles. The Kier molecular flexibility index (Phi) is 6.01. The summed E-state index contributed by atoms with van der Waals surface area (Å²) in [5.74, 6) is -0.240. The van der Waals surface area contributed by atoms with Crippen LogP contribution in [0.3, 0.4) is 0 Å². The minimum Gasteiger partial charge on any atom is -0.382 e. The molecular weight excluding hydrogens is 306 g/mol. The fourth-order valence-corrected chi connectivity index (χ4v) is 3.20. The Morgan fingerprint density at radius 2 is 2.08 bits per heavy atom. The highest BCUT2D eigenvalue weighted by Crippen LogP contribution is 2.25. The van der Waals surface area contributed by atoms with Gasteiger partial charge in [-0.25, -0.2) is 0 Å². The van der Waals surface area contributed by atoms with Gasteiger partial charge >= 0.3 is 0 Å². The predicted octanol–water partition coefficient (Wildman–Crippen LogP) is 2.02. The van der Waals surface area contributed by atoms with E-state index in [0.717, 1.165) is 5.56 Å². The molecule has 0 radical (unpaired) electrons. The van der Waals surface area contributed by atoms with Gasteiger partial charge in [-0.1, -0.05) is 30.3 Å². The van der Waals surface area contributed by atoms with E-state index in [0.29, 0.717) is 32.5 Å². The molecule has 5 nitrogen and oxygen atoms in total. The summed E-state index contributed by atoms with van der Waals surface area (Å²) in [7, 11) is 1.62. The highest BCUT2D eigenvalue weighted by Gasteiger charge is 2.41. The summed E-state index contributed by atoms with van der Waals surface area (Å²) < 4.78 is 11.1. The lowest BCUT2D eigenvalue weighted by Gasteiger charge is -2.44. The zero-order valence-electron chi connectivity index (χ0n) is 15.1. The lowest BCUT2D eigenvalue weighted by atomic mass is 9.94. The number of hydrogen-bond donors (Lipinski definition) is 1. The van der Waals surface area contributed by atoms with Gasteiger partial charge in [0.05, 0.1) is 18.3 Å². The van der Waals surface area contributed by atoms with Crippen LogP contribution in [-0.4, -0.2) is 60.0 Å². The number of morpholine rings is 1. The Hall–Kier alpha value is -1.43.